The number of hydrogen-bond donors (Lipinski definition) is 0. The second-order valence-electron chi connectivity index (χ2n) is 4.78. The zero-order valence-electron chi connectivity index (χ0n) is 10.6. The van der Waals surface area contributed by atoms with Crippen LogP contribution in [0, 0.1) is 12.7 Å². The van der Waals surface area contributed by atoms with Gasteiger partial charge in [0.15, 0.2) is 0 Å². The van der Waals surface area contributed by atoms with E-state index in [1.807, 2.05) is 17.4 Å². The maximum Gasteiger partial charge on any atom is 0.146 e. The van der Waals surface area contributed by atoms with Gasteiger partial charge in [-0.2, -0.15) is 0 Å². The van der Waals surface area contributed by atoms with Crippen molar-refractivity contribution in [3.05, 3.63) is 52.8 Å². The highest BCUT2D eigenvalue weighted by Gasteiger charge is 2.14. The lowest BCUT2D eigenvalue weighted by Gasteiger charge is -2.11. The lowest BCUT2D eigenvalue weighted by atomic mass is 10.0. The highest BCUT2D eigenvalue weighted by atomic mass is 79.9. The fourth-order valence-electron chi connectivity index (χ4n) is 2.78. The summed E-state index contributed by atoms with van der Waals surface area (Å²) in [5.41, 5.74) is 2.66. The Kier molecular flexibility index (Phi) is 2.35. The van der Waals surface area contributed by atoms with Gasteiger partial charge < -0.3 is 0 Å². The zero-order chi connectivity index (χ0) is 13.9. The van der Waals surface area contributed by atoms with Crippen molar-refractivity contribution in [2.24, 2.45) is 0 Å². The summed E-state index contributed by atoms with van der Waals surface area (Å²) in [5.74, 6) is -0.240. The van der Waals surface area contributed by atoms with Crippen LogP contribution in [0.4, 0.5) is 4.39 Å². The number of pyridine rings is 2. The first-order valence-electron chi connectivity index (χ1n) is 6.15. The predicted molar refractivity (Wildman–Crippen MR) is 80.4 cm³/mol. The molecule has 0 amide bonds. The minimum Gasteiger partial charge on any atom is -0.286 e. The molecule has 20 heavy (non-hydrogen) atoms. The Bertz CT molecular complexity index is 991. The highest BCUT2D eigenvalue weighted by Crippen LogP contribution is 2.32. The van der Waals surface area contributed by atoms with Crippen molar-refractivity contribution in [2.45, 2.75) is 6.92 Å². The summed E-state index contributed by atoms with van der Waals surface area (Å²) in [5, 5.41) is 2.72. The van der Waals surface area contributed by atoms with Crippen LogP contribution in [-0.4, -0.2) is 14.4 Å². The minimum absolute atomic E-state index is 0.240. The third-order valence-corrected chi connectivity index (χ3v) is 4.12. The van der Waals surface area contributed by atoms with Crippen molar-refractivity contribution in [3.63, 3.8) is 0 Å². The summed E-state index contributed by atoms with van der Waals surface area (Å²) < 4.78 is 16.7. The summed E-state index contributed by atoms with van der Waals surface area (Å²) in [6, 6.07) is 5.00. The van der Waals surface area contributed by atoms with E-state index in [4.69, 9.17) is 0 Å². The van der Waals surface area contributed by atoms with Gasteiger partial charge in [0.05, 0.1) is 11.7 Å². The number of rotatable bonds is 0. The van der Waals surface area contributed by atoms with Crippen LogP contribution in [0.25, 0.3) is 27.3 Å². The smallest absolute Gasteiger partial charge is 0.146 e. The Morgan fingerprint density at radius 1 is 1.15 bits per heavy atom. The molecule has 4 aromatic rings. The van der Waals surface area contributed by atoms with Crippen LogP contribution in [0.15, 0.2) is 41.4 Å². The predicted octanol–water partition coefficient (Wildman–Crippen LogP) is 4.25. The molecule has 4 rings (SSSR count). The Labute approximate surface area is 122 Å². The molecule has 0 fully saturated rings. The molecule has 0 atom stereocenters. The minimum atomic E-state index is -0.240. The largest absolute Gasteiger partial charge is 0.286 e. The summed E-state index contributed by atoms with van der Waals surface area (Å²) in [6.07, 6.45) is 5.25. The average Bonchev–Trinajstić information content (AvgIpc) is 2.81. The van der Waals surface area contributed by atoms with E-state index >= 15 is 0 Å². The number of halogens is 2. The molecular formula is C15H9BrFN3. The topological polar surface area (TPSA) is 30.2 Å². The number of aryl methyl sites for hydroxylation is 1. The fourth-order valence-corrected chi connectivity index (χ4v) is 3.22. The molecule has 0 spiro atoms. The molecule has 0 saturated heterocycles. The lowest BCUT2D eigenvalue weighted by molar-refractivity contribution is 0.628. The van der Waals surface area contributed by atoms with Crippen molar-refractivity contribution in [2.75, 3.05) is 0 Å². The quantitative estimate of drug-likeness (QED) is 0.451. The molecule has 98 valence electrons. The van der Waals surface area contributed by atoms with E-state index in [1.165, 1.54) is 6.07 Å². The van der Waals surface area contributed by atoms with E-state index in [0.29, 0.717) is 0 Å². The number of benzene rings is 1. The molecule has 0 aliphatic heterocycles. The van der Waals surface area contributed by atoms with Crippen LogP contribution < -0.4 is 0 Å². The van der Waals surface area contributed by atoms with E-state index in [9.17, 15) is 4.39 Å². The number of imidazole rings is 1. The third kappa shape index (κ3) is 1.44. The van der Waals surface area contributed by atoms with Gasteiger partial charge in [0.2, 0.25) is 0 Å². The summed E-state index contributed by atoms with van der Waals surface area (Å²) in [7, 11) is 0. The van der Waals surface area contributed by atoms with Crippen LogP contribution in [0.3, 0.4) is 0 Å². The van der Waals surface area contributed by atoms with Gasteiger partial charge >= 0.3 is 0 Å². The van der Waals surface area contributed by atoms with Crippen LogP contribution in [0.5, 0.6) is 0 Å². The first kappa shape index (κ1) is 11.8. The van der Waals surface area contributed by atoms with Crippen molar-refractivity contribution in [3.8, 4) is 0 Å². The van der Waals surface area contributed by atoms with Crippen molar-refractivity contribution in [1.82, 2.24) is 14.4 Å². The van der Waals surface area contributed by atoms with Crippen molar-refractivity contribution < 1.29 is 4.39 Å². The van der Waals surface area contributed by atoms with E-state index in [1.54, 1.807) is 24.7 Å². The molecular weight excluding hydrogens is 321 g/mol. The number of nitrogens with zero attached hydrogens (tertiary/aromatic N) is 3. The molecule has 3 aromatic heterocycles. The second kappa shape index (κ2) is 3.99. The standard InChI is InChI=1S/C15H9BrFN3/c1-8-4-9(17)5-11-12-6-18-3-2-10(12)15-19-7-13(16)20(15)14(8)11/h2-7H,1H3. The SMILES string of the molecule is Cc1cc(F)cc2c3cnccc3c3ncc(Br)n3c12. The van der Waals surface area contributed by atoms with E-state index in [0.717, 1.165) is 37.5 Å². The second-order valence-corrected chi connectivity index (χ2v) is 5.59. The number of hydrogen-bond acceptors (Lipinski definition) is 2. The maximum absolute atomic E-state index is 13.8. The first-order valence-corrected chi connectivity index (χ1v) is 6.94. The maximum atomic E-state index is 13.8. The van der Waals surface area contributed by atoms with Crippen LogP contribution in [-0.2, 0) is 0 Å². The summed E-state index contributed by atoms with van der Waals surface area (Å²) in [4.78, 5) is 8.62. The van der Waals surface area contributed by atoms with Gasteiger partial charge in [0, 0.05) is 28.6 Å². The molecule has 0 unspecified atom stereocenters. The van der Waals surface area contributed by atoms with E-state index in [-0.39, 0.29) is 5.82 Å². The molecule has 0 N–H and O–H groups in total. The van der Waals surface area contributed by atoms with Gasteiger partial charge in [-0.25, -0.2) is 9.37 Å². The summed E-state index contributed by atoms with van der Waals surface area (Å²) in [6.45, 7) is 1.90. The van der Waals surface area contributed by atoms with E-state index in [2.05, 4.69) is 25.9 Å². The third-order valence-electron chi connectivity index (χ3n) is 3.56. The van der Waals surface area contributed by atoms with Crippen LogP contribution in [0.1, 0.15) is 5.56 Å². The molecule has 0 saturated carbocycles. The van der Waals surface area contributed by atoms with E-state index < -0.39 is 0 Å². The Morgan fingerprint density at radius 2 is 2.00 bits per heavy atom. The zero-order valence-corrected chi connectivity index (χ0v) is 12.1. The Hall–Kier alpha value is -2.01. The summed E-state index contributed by atoms with van der Waals surface area (Å²) >= 11 is 3.52. The van der Waals surface area contributed by atoms with Gasteiger partial charge in [-0.15, -0.1) is 0 Å². The fraction of sp³-hybridized carbons (Fsp3) is 0.0667. The number of fused-ring (bicyclic) bond motifs is 6. The van der Waals surface area contributed by atoms with Crippen LogP contribution in [0.2, 0.25) is 0 Å². The van der Waals surface area contributed by atoms with Crippen molar-refractivity contribution >= 4 is 43.3 Å². The lowest BCUT2D eigenvalue weighted by Crippen LogP contribution is -1.95. The van der Waals surface area contributed by atoms with Gasteiger partial charge in [-0.1, -0.05) is 0 Å². The normalized spacial score (nSPS) is 11.8. The van der Waals surface area contributed by atoms with Gasteiger partial charge in [-0.05, 0) is 46.6 Å². The molecule has 3 heterocycles. The van der Waals surface area contributed by atoms with Gasteiger partial charge in [-0.3, -0.25) is 9.38 Å². The Morgan fingerprint density at radius 3 is 2.85 bits per heavy atom. The average molecular weight is 330 g/mol. The molecule has 3 nitrogen and oxygen atoms in total. The Balaban J connectivity index is 2.47. The van der Waals surface area contributed by atoms with Crippen molar-refractivity contribution in [1.29, 1.82) is 0 Å². The molecule has 5 heteroatoms. The first-order chi connectivity index (χ1) is 9.66. The molecule has 1 aromatic carbocycles. The van der Waals surface area contributed by atoms with Gasteiger partial charge in [0.1, 0.15) is 16.1 Å². The molecule has 0 aliphatic rings. The highest BCUT2D eigenvalue weighted by molar-refractivity contribution is 9.10. The monoisotopic (exact) mass is 329 g/mol. The molecule has 0 aliphatic carbocycles. The number of aromatic nitrogens is 3. The molecule has 0 radical (unpaired) electrons. The van der Waals surface area contributed by atoms with Crippen LogP contribution >= 0.6 is 15.9 Å². The van der Waals surface area contributed by atoms with Gasteiger partial charge in [0.25, 0.3) is 0 Å². The molecule has 0 bridgehead atoms.